The predicted molar refractivity (Wildman–Crippen MR) is 96.3 cm³/mol. The third-order valence-corrected chi connectivity index (χ3v) is 5.13. The third kappa shape index (κ3) is 3.76. The van der Waals surface area contributed by atoms with Gasteiger partial charge < -0.3 is 10.1 Å². The first-order chi connectivity index (χ1) is 10.7. The van der Waals surface area contributed by atoms with Crippen LogP contribution in [0.1, 0.15) is 10.4 Å². The summed E-state index contributed by atoms with van der Waals surface area (Å²) < 4.78 is 6.36. The van der Waals surface area contributed by atoms with Crippen molar-refractivity contribution >= 4 is 51.6 Å². The quantitative estimate of drug-likeness (QED) is 0.658. The van der Waals surface area contributed by atoms with Crippen molar-refractivity contribution in [2.45, 2.75) is 6.42 Å². The monoisotopic (exact) mass is 347 g/mol. The number of carbonyl (C=O) groups excluding carboxylic acids is 1. The molecule has 1 aromatic heterocycles. The Morgan fingerprint density at radius 2 is 2.09 bits per heavy atom. The molecule has 1 amide bonds. The van der Waals surface area contributed by atoms with Crippen LogP contribution in [0.4, 0.5) is 0 Å². The van der Waals surface area contributed by atoms with Gasteiger partial charge in [0.05, 0.1) is 11.5 Å². The lowest BCUT2D eigenvalue weighted by Gasteiger charge is -2.08. The number of thiophene rings is 1. The molecule has 0 atom stereocenters. The molecule has 2 aromatic rings. The number of ether oxygens (including phenoxy) is 1. The zero-order chi connectivity index (χ0) is 15.4. The minimum Gasteiger partial charge on any atom is -0.493 e. The molecule has 0 bridgehead atoms. The van der Waals surface area contributed by atoms with Crippen molar-refractivity contribution in [2.75, 3.05) is 6.61 Å². The molecular formula is C16H13NO2S3. The number of hydrogen-bond donors (Lipinski definition) is 1. The molecule has 1 saturated heterocycles. The number of thiocarbonyl (C=S) groups is 1. The molecule has 0 radical (unpaired) electrons. The fourth-order valence-electron chi connectivity index (χ4n) is 2.01. The molecule has 1 aliphatic heterocycles. The molecule has 3 rings (SSSR count). The maximum Gasteiger partial charge on any atom is 0.263 e. The van der Waals surface area contributed by atoms with Gasteiger partial charge in [-0.3, -0.25) is 4.79 Å². The zero-order valence-electron chi connectivity index (χ0n) is 11.6. The van der Waals surface area contributed by atoms with Gasteiger partial charge >= 0.3 is 0 Å². The summed E-state index contributed by atoms with van der Waals surface area (Å²) in [5.41, 5.74) is 0.885. The average molecular weight is 347 g/mol. The summed E-state index contributed by atoms with van der Waals surface area (Å²) in [5, 5.41) is 4.68. The molecule has 0 unspecified atom stereocenters. The molecule has 0 saturated carbocycles. The van der Waals surface area contributed by atoms with Gasteiger partial charge in [-0.2, -0.15) is 0 Å². The number of amides is 1. The first-order valence-corrected chi connectivity index (χ1v) is 8.82. The Morgan fingerprint density at radius 3 is 2.82 bits per heavy atom. The highest BCUT2D eigenvalue weighted by Crippen LogP contribution is 2.29. The largest absolute Gasteiger partial charge is 0.493 e. The van der Waals surface area contributed by atoms with E-state index in [0.717, 1.165) is 17.7 Å². The van der Waals surface area contributed by atoms with E-state index >= 15 is 0 Å². The average Bonchev–Trinajstić information content (AvgIpc) is 3.11. The topological polar surface area (TPSA) is 38.3 Å². The van der Waals surface area contributed by atoms with Crippen LogP contribution in [-0.4, -0.2) is 16.8 Å². The van der Waals surface area contributed by atoms with Crippen LogP contribution in [0, 0.1) is 0 Å². The zero-order valence-corrected chi connectivity index (χ0v) is 14.0. The Labute approximate surface area is 142 Å². The normalized spacial score (nSPS) is 16.1. The summed E-state index contributed by atoms with van der Waals surface area (Å²) in [6, 6.07) is 11.8. The minimum atomic E-state index is -0.150. The van der Waals surface area contributed by atoms with Gasteiger partial charge in [-0.25, -0.2) is 0 Å². The Morgan fingerprint density at radius 1 is 1.23 bits per heavy atom. The molecule has 1 aliphatic rings. The number of hydrogen-bond acceptors (Lipinski definition) is 5. The van der Waals surface area contributed by atoms with Crippen molar-refractivity contribution in [1.29, 1.82) is 0 Å². The highest BCUT2D eigenvalue weighted by atomic mass is 32.2. The molecular weight excluding hydrogens is 334 g/mol. The SMILES string of the molecule is O=C1NC(=S)S/C1=C\c1ccccc1OCCc1cccs1. The van der Waals surface area contributed by atoms with Crippen LogP contribution < -0.4 is 10.1 Å². The first kappa shape index (κ1) is 15.3. The van der Waals surface area contributed by atoms with Gasteiger partial charge in [0, 0.05) is 16.9 Å². The number of para-hydroxylation sites is 1. The van der Waals surface area contributed by atoms with E-state index in [1.807, 2.05) is 36.4 Å². The summed E-state index contributed by atoms with van der Waals surface area (Å²) in [4.78, 5) is 13.6. The lowest BCUT2D eigenvalue weighted by molar-refractivity contribution is -0.115. The van der Waals surface area contributed by atoms with Crippen molar-refractivity contribution in [3.05, 3.63) is 57.1 Å². The Hall–Kier alpha value is -1.63. The van der Waals surface area contributed by atoms with Crippen molar-refractivity contribution < 1.29 is 9.53 Å². The second-order valence-electron chi connectivity index (χ2n) is 4.57. The van der Waals surface area contributed by atoms with E-state index in [1.165, 1.54) is 16.6 Å². The number of benzene rings is 1. The summed E-state index contributed by atoms with van der Waals surface area (Å²) in [6.45, 7) is 0.610. The Balaban J connectivity index is 1.71. The summed E-state index contributed by atoms with van der Waals surface area (Å²) in [6.07, 6.45) is 2.70. The van der Waals surface area contributed by atoms with Crippen LogP contribution in [0.25, 0.3) is 6.08 Å². The maximum absolute atomic E-state index is 11.7. The second kappa shape index (κ2) is 7.09. The maximum atomic E-state index is 11.7. The van der Waals surface area contributed by atoms with E-state index in [0.29, 0.717) is 15.8 Å². The van der Waals surface area contributed by atoms with E-state index in [9.17, 15) is 4.79 Å². The standard InChI is InChI=1S/C16H13NO2S3/c18-15-14(22-16(20)17-15)10-11-4-1-2-6-13(11)19-8-7-12-5-3-9-21-12/h1-6,9-10H,7-8H2,(H,17,18,20)/b14-10-. The van der Waals surface area contributed by atoms with Gasteiger partial charge in [0.2, 0.25) is 0 Å². The summed E-state index contributed by atoms with van der Waals surface area (Å²) in [5.74, 6) is 0.626. The Kier molecular flexibility index (Phi) is 4.92. The molecule has 6 heteroatoms. The van der Waals surface area contributed by atoms with Gasteiger partial charge in [0.15, 0.2) is 0 Å². The van der Waals surface area contributed by atoms with Gasteiger partial charge in [0.1, 0.15) is 10.1 Å². The van der Waals surface area contributed by atoms with Crippen LogP contribution in [0.15, 0.2) is 46.7 Å². The minimum absolute atomic E-state index is 0.150. The van der Waals surface area contributed by atoms with Crippen molar-refractivity contribution in [3.63, 3.8) is 0 Å². The fraction of sp³-hybridized carbons (Fsp3) is 0.125. The highest BCUT2D eigenvalue weighted by Gasteiger charge is 2.22. The van der Waals surface area contributed by atoms with Crippen LogP contribution in [-0.2, 0) is 11.2 Å². The molecule has 0 spiro atoms. The molecule has 1 aromatic carbocycles. The lowest BCUT2D eigenvalue weighted by Crippen LogP contribution is -2.17. The summed E-state index contributed by atoms with van der Waals surface area (Å²) >= 11 is 8.00. The van der Waals surface area contributed by atoms with E-state index in [2.05, 4.69) is 16.8 Å². The van der Waals surface area contributed by atoms with E-state index < -0.39 is 0 Å². The molecule has 22 heavy (non-hydrogen) atoms. The van der Waals surface area contributed by atoms with E-state index in [4.69, 9.17) is 17.0 Å². The Bertz CT molecular complexity index is 723. The highest BCUT2D eigenvalue weighted by molar-refractivity contribution is 8.26. The summed E-state index contributed by atoms with van der Waals surface area (Å²) in [7, 11) is 0. The molecule has 0 aliphatic carbocycles. The smallest absolute Gasteiger partial charge is 0.263 e. The van der Waals surface area contributed by atoms with Crippen LogP contribution in [0.2, 0.25) is 0 Å². The number of thioether (sulfide) groups is 1. The van der Waals surface area contributed by atoms with Crippen LogP contribution >= 0.6 is 35.3 Å². The van der Waals surface area contributed by atoms with E-state index in [-0.39, 0.29) is 5.91 Å². The van der Waals surface area contributed by atoms with Gasteiger partial charge in [-0.15, -0.1) is 11.3 Å². The van der Waals surface area contributed by atoms with Crippen molar-refractivity contribution in [3.8, 4) is 5.75 Å². The molecule has 1 fully saturated rings. The first-order valence-electron chi connectivity index (χ1n) is 6.71. The molecule has 112 valence electrons. The van der Waals surface area contributed by atoms with Crippen LogP contribution in [0.5, 0.6) is 5.75 Å². The fourth-order valence-corrected chi connectivity index (χ4v) is 3.74. The number of carbonyl (C=O) groups is 1. The van der Waals surface area contributed by atoms with Gasteiger partial charge in [0.25, 0.3) is 5.91 Å². The van der Waals surface area contributed by atoms with E-state index in [1.54, 1.807) is 11.3 Å². The predicted octanol–water partition coefficient (Wildman–Crippen LogP) is 3.86. The molecule has 1 N–H and O–H groups in total. The van der Waals surface area contributed by atoms with Crippen molar-refractivity contribution in [2.24, 2.45) is 0 Å². The lowest BCUT2D eigenvalue weighted by atomic mass is 10.2. The molecule has 3 nitrogen and oxygen atoms in total. The van der Waals surface area contributed by atoms with Gasteiger partial charge in [-0.05, 0) is 23.6 Å². The van der Waals surface area contributed by atoms with Crippen LogP contribution in [0.3, 0.4) is 0 Å². The van der Waals surface area contributed by atoms with Crippen molar-refractivity contribution in [1.82, 2.24) is 5.32 Å². The van der Waals surface area contributed by atoms with Gasteiger partial charge in [-0.1, -0.05) is 48.2 Å². The number of nitrogens with one attached hydrogen (secondary N) is 1. The number of rotatable bonds is 5. The third-order valence-electron chi connectivity index (χ3n) is 3.03. The molecule has 2 heterocycles. The second-order valence-corrected chi connectivity index (χ2v) is 7.32.